The number of allylic oxidation sites excluding steroid dienone is 1. The van der Waals surface area contributed by atoms with E-state index in [1.165, 1.54) is 11.1 Å². The van der Waals surface area contributed by atoms with Crippen molar-refractivity contribution in [3.05, 3.63) is 57.9 Å². The Morgan fingerprint density at radius 1 is 1.15 bits per heavy atom. The number of aryl methyl sites for hydroxylation is 4. The number of rotatable bonds is 3. The minimum Gasteiger partial charge on any atom is -0.289 e. The van der Waals surface area contributed by atoms with Crippen LogP contribution in [0.4, 0.5) is 0 Å². The molecule has 2 aromatic rings. The molecule has 0 spiro atoms. The van der Waals surface area contributed by atoms with Gasteiger partial charge in [0.1, 0.15) is 0 Å². The van der Waals surface area contributed by atoms with Gasteiger partial charge in [-0.1, -0.05) is 24.3 Å². The molecule has 0 aliphatic carbocycles. The van der Waals surface area contributed by atoms with Gasteiger partial charge < -0.3 is 0 Å². The molecule has 0 unspecified atom stereocenters. The standard InChI is InChI=1S/C17H20N2O/c1-11-6-7-15(10-12(11)2)8-9-16(20)17-13(3)18-19(5)14(17)4/h6-10H,1-5H3. The molecule has 0 fully saturated rings. The number of ketones is 1. The van der Waals surface area contributed by atoms with Gasteiger partial charge in [0, 0.05) is 12.7 Å². The molecule has 0 aliphatic rings. The fraction of sp³-hybridized carbons (Fsp3) is 0.294. The van der Waals surface area contributed by atoms with Crippen LogP contribution in [0.5, 0.6) is 0 Å². The summed E-state index contributed by atoms with van der Waals surface area (Å²) in [6.45, 7) is 7.93. The van der Waals surface area contributed by atoms with Crippen molar-refractivity contribution < 1.29 is 4.79 Å². The van der Waals surface area contributed by atoms with Crippen LogP contribution in [0.2, 0.25) is 0 Å². The number of carbonyl (C=O) groups excluding carboxylic acids is 1. The highest BCUT2D eigenvalue weighted by molar-refractivity contribution is 6.08. The second kappa shape index (κ2) is 5.45. The molecule has 0 aliphatic heterocycles. The van der Waals surface area contributed by atoms with Gasteiger partial charge in [-0.3, -0.25) is 9.48 Å². The van der Waals surface area contributed by atoms with Gasteiger partial charge in [0.25, 0.3) is 0 Å². The first-order chi connectivity index (χ1) is 9.40. The summed E-state index contributed by atoms with van der Waals surface area (Å²) in [6, 6.07) is 6.18. The molecular formula is C17H20N2O. The Morgan fingerprint density at radius 2 is 1.85 bits per heavy atom. The zero-order valence-electron chi connectivity index (χ0n) is 12.7. The molecule has 0 N–H and O–H groups in total. The van der Waals surface area contributed by atoms with Crippen LogP contribution in [0.1, 0.15) is 38.4 Å². The molecule has 0 atom stereocenters. The lowest BCUT2D eigenvalue weighted by Crippen LogP contribution is -1.99. The first-order valence-electron chi connectivity index (χ1n) is 6.70. The van der Waals surface area contributed by atoms with Crippen molar-refractivity contribution in [3.63, 3.8) is 0 Å². The molecule has 1 heterocycles. The Hall–Kier alpha value is -2.16. The number of hydrogen-bond acceptors (Lipinski definition) is 2. The first-order valence-corrected chi connectivity index (χ1v) is 6.70. The zero-order chi connectivity index (χ0) is 14.9. The second-order valence-electron chi connectivity index (χ2n) is 5.21. The van der Waals surface area contributed by atoms with E-state index in [1.54, 1.807) is 10.8 Å². The van der Waals surface area contributed by atoms with E-state index in [0.29, 0.717) is 5.56 Å². The number of nitrogens with zero attached hydrogens (tertiary/aromatic N) is 2. The minimum atomic E-state index is 0.00586. The topological polar surface area (TPSA) is 34.9 Å². The average molecular weight is 268 g/mol. The molecule has 1 aromatic carbocycles. The predicted octanol–water partition coefficient (Wildman–Crippen LogP) is 3.55. The molecule has 3 heteroatoms. The number of carbonyl (C=O) groups is 1. The van der Waals surface area contributed by atoms with Crippen molar-refractivity contribution >= 4 is 11.9 Å². The molecule has 0 radical (unpaired) electrons. The highest BCUT2D eigenvalue weighted by Crippen LogP contribution is 2.15. The van der Waals surface area contributed by atoms with Gasteiger partial charge in [-0.05, 0) is 50.5 Å². The monoisotopic (exact) mass is 268 g/mol. The largest absolute Gasteiger partial charge is 0.289 e. The summed E-state index contributed by atoms with van der Waals surface area (Å²) in [4.78, 5) is 12.3. The average Bonchev–Trinajstić information content (AvgIpc) is 2.64. The van der Waals surface area contributed by atoms with Gasteiger partial charge in [0.05, 0.1) is 11.3 Å². The Kier molecular flexibility index (Phi) is 3.89. The van der Waals surface area contributed by atoms with Crippen LogP contribution < -0.4 is 0 Å². The zero-order valence-corrected chi connectivity index (χ0v) is 12.7. The Balaban J connectivity index is 2.27. The molecule has 104 valence electrons. The van der Waals surface area contributed by atoms with Gasteiger partial charge in [-0.2, -0.15) is 5.10 Å². The highest BCUT2D eigenvalue weighted by Gasteiger charge is 2.14. The van der Waals surface area contributed by atoms with Crippen LogP contribution in [0, 0.1) is 27.7 Å². The maximum absolute atomic E-state index is 12.3. The van der Waals surface area contributed by atoms with E-state index < -0.39 is 0 Å². The summed E-state index contributed by atoms with van der Waals surface area (Å²) in [7, 11) is 1.85. The summed E-state index contributed by atoms with van der Waals surface area (Å²) >= 11 is 0. The molecule has 0 saturated carbocycles. The summed E-state index contributed by atoms with van der Waals surface area (Å²) in [6.07, 6.45) is 3.49. The predicted molar refractivity (Wildman–Crippen MR) is 82.0 cm³/mol. The summed E-state index contributed by atoms with van der Waals surface area (Å²) in [5.74, 6) is 0.00586. The van der Waals surface area contributed by atoms with Gasteiger partial charge in [-0.25, -0.2) is 0 Å². The van der Waals surface area contributed by atoms with Crippen molar-refractivity contribution in [2.24, 2.45) is 7.05 Å². The van der Waals surface area contributed by atoms with E-state index in [4.69, 9.17) is 0 Å². The molecule has 0 bridgehead atoms. The van der Waals surface area contributed by atoms with Crippen LogP contribution in [0.3, 0.4) is 0 Å². The lowest BCUT2D eigenvalue weighted by atomic mass is 10.0. The van der Waals surface area contributed by atoms with Gasteiger partial charge in [0.15, 0.2) is 5.78 Å². The van der Waals surface area contributed by atoms with Crippen molar-refractivity contribution in [3.8, 4) is 0 Å². The molecule has 0 saturated heterocycles. The van der Waals surface area contributed by atoms with Crippen LogP contribution in [-0.4, -0.2) is 15.6 Å². The van der Waals surface area contributed by atoms with Crippen molar-refractivity contribution in [2.75, 3.05) is 0 Å². The molecule has 3 nitrogen and oxygen atoms in total. The second-order valence-corrected chi connectivity index (χ2v) is 5.21. The number of hydrogen-bond donors (Lipinski definition) is 0. The molecule has 20 heavy (non-hydrogen) atoms. The smallest absolute Gasteiger partial charge is 0.189 e. The van der Waals surface area contributed by atoms with Crippen LogP contribution in [0.25, 0.3) is 6.08 Å². The third kappa shape index (κ3) is 2.72. The number of benzene rings is 1. The summed E-state index contributed by atoms with van der Waals surface area (Å²) in [5, 5.41) is 4.27. The van der Waals surface area contributed by atoms with E-state index in [-0.39, 0.29) is 5.78 Å². The molecular weight excluding hydrogens is 248 g/mol. The minimum absolute atomic E-state index is 0.00586. The maximum Gasteiger partial charge on any atom is 0.189 e. The maximum atomic E-state index is 12.3. The fourth-order valence-corrected chi connectivity index (χ4v) is 2.25. The SMILES string of the molecule is Cc1ccc(C=CC(=O)c2c(C)nn(C)c2C)cc1C. The summed E-state index contributed by atoms with van der Waals surface area (Å²) < 4.78 is 1.74. The Bertz CT molecular complexity index is 693. The van der Waals surface area contributed by atoms with E-state index >= 15 is 0 Å². The van der Waals surface area contributed by atoms with Gasteiger partial charge in [0.2, 0.25) is 0 Å². The number of aromatic nitrogens is 2. The first kappa shape index (κ1) is 14.3. The van der Waals surface area contributed by atoms with Gasteiger partial charge >= 0.3 is 0 Å². The summed E-state index contributed by atoms with van der Waals surface area (Å²) in [5.41, 5.74) is 5.91. The van der Waals surface area contributed by atoms with E-state index in [2.05, 4.69) is 31.1 Å². The van der Waals surface area contributed by atoms with Crippen LogP contribution >= 0.6 is 0 Å². The lowest BCUT2D eigenvalue weighted by Gasteiger charge is -2.01. The van der Waals surface area contributed by atoms with Crippen LogP contribution in [-0.2, 0) is 7.05 Å². The normalized spacial score (nSPS) is 11.2. The van der Waals surface area contributed by atoms with Crippen LogP contribution in [0.15, 0.2) is 24.3 Å². The highest BCUT2D eigenvalue weighted by atomic mass is 16.1. The van der Waals surface area contributed by atoms with E-state index in [1.807, 2.05) is 33.0 Å². The lowest BCUT2D eigenvalue weighted by molar-refractivity contribution is 0.104. The Labute approximate surface area is 119 Å². The quantitative estimate of drug-likeness (QED) is 0.630. The third-order valence-corrected chi connectivity index (χ3v) is 3.71. The van der Waals surface area contributed by atoms with Crippen molar-refractivity contribution in [2.45, 2.75) is 27.7 Å². The van der Waals surface area contributed by atoms with Gasteiger partial charge in [-0.15, -0.1) is 0 Å². The van der Waals surface area contributed by atoms with Crippen molar-refractivity contribution in [1.82, 2.24) is 9.78 Å². The van der Waals surface area contributed by atoms with E-state index in [9.17, 15) is 4.79 Å². The molecule has 2 rings (SSSR count). The third-order valence-electron chi connectivity index (χ3n) is 3.71. The molecule has 1 aromatic heterocycles. The molecule has 0 amide bonds. The van der Waals surface area contributed by atoms with Crippen molar-refractivity contribution in [1.29, 1.82) is 0 Å². The Morgan fingerprint density at radius 3 is 2.40 bits per heavy atom. The van der Waals surface area contributed by atoms with E-state index in [0.717, 1.165) is 17.0 Å². The fourth-order valence-electron chi connectivity index (χ4n) is 2.25.